The fourth-order valence-electron chi connectivity index (χ4n) is 4.09. The van der Waals surface area contributed by atoms with Crippen LogP contribution in [0.2, 0.25) is 5.02 Å². The van der Waals surface area contributed by atoms with Crippen LogP contribution >= 0.6 is 27.5 Å². The smallest absolute Gasteiger partial charge is 0.266 e. The van der Waals surface area contributed by atoms with Crippen molar-refractivity contribution in [1.82, 2.24) is 0 Å². The highest BCUT2D eigenvalue weighted by atomic mass is 79.9. The molecule has 2 saturated heterocycles. The molecule has 3 aromatic carbocycles. The molecule has 8 heteroatoms. The Balaban J connectivity index is 1.60. The van der Waals surface area contributed by atoms with Crippen LogP contribution in [0.5, 0.6) is 0 Å². The van der Waals surface area contributed by atoms with Crippen LogP contribution in [0.15, 0.2) is 77.3 Å². The highest BCUT2D eigenvalue weighted by Crippen LogP contribution is 2.48. The average Bonchev–Trinajstić information content (AvgIpc) is 3.28. The molecule has 2 fully saturated rings. The number of anilines is 2. The number of carbonyl (C=O) groups is 2. The van der Waals surface area contributed by atoms with Crippen molar-refractivity contribution in [3.8, 4) is 0 Å². The molecule has 5 rings (SSSR count). The number of hydrogen-bond acceptors (Lipinski definition) is 4. The number of amides is 2. The topological polar surface area (TPSA) is 49.9 Å². The van der Waals surface area contributed by atoms with E-state index in [9.17, 15) is 14.0 Å². The number of hydroxylamine groups is 1. The fraction of sp³-hybridized carbons (Fsp3) is 0.130. The molecule has 0 N–H and O–H groups in total. The normalized spacial score (nSPS) is 22.9. The van der Waals surface area contributed by atoms with Gasteiger partial charge in [-0.1, -0.05) is 35.9 Å². The maximum absolute atomic E-state index is 13.9. The first kappa shape index (κ1) is 20.2. The molecule has 0 saturated carbocycles. The van der Waals surface area contributed by atoms with Crippen LogP contribution in [0.25, 0.3) is 0 Å². The number of nitrogens with zero attached hydrogens (tertiary/aromatic N) is 2. The lowest BCUT2D eigenvalue weighted by atomic mass is 9.90. The Bertz CT molecular complexity index is 1180. The van der Waals surface area contributed by atoms with E-state index >= 15 is 0 Å². The third-order valence-corrected chi connectivity index (χ3v) is 6.36. The quantitative estimate of drug-likeness (QED) is 0.458. The maximum atomic E-state index is 13.9. The average molecular weight is 502 g/mol. The molecular formula is C23H15BrClFN2O3. The summed E-state index contributed by atoms with van der Waals surface area (Å²) in [7, 11) is 0. The Morgan fingerprint density at radius 2 is 1.61 bits per heavy atom. The molecule has 2 aliphatic heterocycles. The zero-order chi connectivity index (χ0) is 21.7. The number of halogens is 3. The van der Waals surface area contributed by atoms with Crippen molar-refractivity contribution >= 4 is 50.7 Å². The van der Waals surface area contributed by atoms with Gasteiger partial charge in [-0.15, -0.1) is 0 Å². The zero-order valence-electron chi connectivity index (χ0n) is 15.9. The van der Waals surface area contributed by atoms with Gasteiger partial charge >= 0.3 is 0 Å². The van der Waals surface area contributed by atoms with Crippen molar-refractivity contribution < 1.29 is 18.8 Å². The van der Waals surface area contributed by atoms with Crippen LogP contribution in [0.4, 0.5) is 15.8 Å². The third kappa shape index (κ3) is 3.33. The second-order valence-electron chi connectivity index (χ2n) is 7.32. The van der Waals surface area contributed by atoms with Crippen LogP contribution in [0.3, 0.4) is 0 Å². The largest absolute Gasteiger partial charge is 0.273 e. The minimum atomic E-state index is -0.989. The molecule has 0 radical (unpaired) electrons. The van der Waals surface area contributed by atoms with Crippen molar-refractivity contribution in [2.75, 3.05) is 9.96 Å². The monoisotopic (exact) mass is 500 g/mol. The van der Waals surface area contributed by atoms with Gasteiger partial charge in [0.15, 0.2) is 6.10 Å². The van der Waals surface area contributed by atoms with Gasteiger partial charge in [-0.3, -0.25) is 14.4 Å². The van der Waals surface area contributed by atoms with Crippen LogP contribution in [-0.4, -0.2) is 17.9 Å². The van der Waals surface area contributed by atoms with Crippen LogP contribution < -0.4 is 9.96 Å². The fourth-order valence-corrected chi connectivity index (χ4v) is 4.62. The van der Waals surface area contributed by atoms with Gasteiger partial charge in [-0.2, -0.15) is 0 Å². The van der Waals surface area contributed by atoms with Crippen LogP contribution in [0, 0.1) is 11.7 Å². The third-order valence-electron chi connectivity index (χ3n) is 5.50. The van der Waals surface area contributed by atoms with Gasteiger partial charge in [0, 0.05) is 5.02 Å². The number of imide groups is 1. The summed E-state index contributed by atoms with van der Waals surface area (Å²) in [5.41, 5.74) is 1.78. The van der Waals surface area contributed by atoms with Crippen molar-refractivity contribution in [2.24, 2.45) is 5.92 Å². The summed E-state index contributed by atoms with van der Waals surface area (Å²) in [5, 5.41) is 2.08. The number of benzene rings is 3. The molecule has 0 unspecified atom stereocenters. The summed E-state index contributed by atoms with van der Waals surface area (Å²) >= 11 is 9.16. The van der Waals surface area contributed by atoms with Crippen LogP contribution in [-0.2, 0) is 14.4 Å². The lowest BCUT2D eigenvalue weighted by molar-refractivity contribution is -0.126. The van der Waals surface area contributed by atoms with Gasteiger partial charge in [-0.25, -0.2) is 14.4 Å². The SMILES string of the molecule is O=C1[C@@H]2[C@@H](c3ccc(F)c(Br)c3)N(c3ccccc3)O[C@H]2C(=O)N1c1ccc(Cl)cc1. The Labute approximate surface area is 191 Å². The first-order valence-corrected chi connectivity index (χ1v) is 10.7. The van der Waals surface area contributed by atoms with Crippen LogP contribution in [0.1, 0.15) is 11.6 Å². The van der Waals surface area contributed by atoms with E-state index in [0.29, 0.717) is 22.0 Å². The minimum Gasteiger partial charge on any atom is -0.273 e. The van der Waals surface area contributed by atoms with E-state index in [2.05, 4.69) is 15.9 Å². The molecule has 31 heavy (non-hydrogen) atoms. The molecule has 0 spiro atoms. The number of rotatable bonds is 3. The first-order chi connectivity index (χ1) is 15.0. The van der Waals surface area contributed by atoms with Crippen molar-refractivity contribution in [3.05, 3.63) is 93.7 Å². The Morgan fingerprint density at radius 3 is 2.29 bits per heavy atom. The predicted octanol–water partition coefficient (Wildman–Crippen LogP) is 5.29. The summed E-state index contributed by atoms with van der Waals surface area (Å²) in [5.74, 6) is -2.02. The molecule has 2 amide bonds. The van der Waals surface area contributed by atoms with E-state index in [4.69, 9.17) is 16.4 Å². The standard InChI is InChI=1S/C23H15BrClFN2O3/c24-17-12-13(6-11-18(17)26)20-19-21(31-28(20)16-4-2-1-3-5-16)23(30)27(22(19)29)15-9-7-14(25)8-10-15/h1-12,19-21H/t19-,20-,21-/m1/s1. The zero-order valence-corrected chi connectivity index (χ0v) is 18.3. The Hall–Kier alpha value is -2.74. The molecule has 3 aromatic rings. The number of hydrogen-bond donors (Lipinski definition) is 0. The molecule has 3 atom stereocenters. The number of fused-ring (bicyclic) bond motifs is 1. The Kier molecular flexibility index (Phi) is 5.04. The molecular weight excluding hydrogens is 487 g/mol. The summed E-state index contributed by atoms with van der Waals surface area (Å²) in [4.78, 5) is 33.9. The van der Waals surface area contributed by atoms with E-state index in [1.807, 2.05) is 30.3 Å². The van der Waals surface area contributed by atoms with Gasteiger partial charge in [0.25, 0.3) is 5.91 Å². The predicted molar refractivity (Wildman–Crippen MR) is 118 cm³/mol. The number of para-hydroxylation sites is 1. The summed E-state index contributed by atoms with van der Waals surface area (Å²) < 4.78 is 14.2. The second kappa shape index (κ2) is 7.75. The lowest BCUT2D eigenvalue weighted by Gasteiger charge is -2.29. The molecule has 156 valence electrons. The van der Waals surface area contributed by atoms with Gasteiger partial charge in [0.05, 0.1) is 21.9 Å². The van der Waals surface area contributed by atoms with E-state index < -0.39 is 29.8 Å². The molecule has 0 aromatic heterocycles. The van der Waals surface area contributed by atoms with E-state index in [0.717, 1.165) is 4.90 Å². The highest BCUT2D eigenvalue weighted by Gasteiger charge is 2.60. The minimum absolute atomic E-state index is 0.271. The highest BCUT2D eigenvalue weighted by molar-refractivity contribution is 9.10. The molecule has 0 bridgehead atoms. The molecule has 2 heterocycles. The maximum Gasteiger partial charge on any atom is 0.266 e. The van der Waals surface area contributed by atoms with Crippen molar-refractivity contribution in [2.45, 2.75) is 12.1 Å². The summed E-state index contributed by atoms with van der Waals surface area (Å²) in [6.45, 7) is 0. The van der Waals surface area contributed by atoms with Crippen molar-refractivity contribution in [3.63, 3.8) is 0 Å². The van der Waals surface area contributed by atoms with Crippen molar-refractivity contribution in [1.29, 1.82) is 0 Å². The van der Waals surface area contributed by atoms with Gasteiger partial charge in [0.2, 0.25) is 5.91 Å². The first-order valence-electron chi connectivity index (χ1n) is 9.55. The van der Waals surface area contributed by atoms with E-state index in [1.54, 1.807) is 41.5 Å². The molecule has 0 aliphatic carbocycles. The summed E-state index contributed by atoms with van der Waals surface area (Å²) in [6.07, 6.45) is -0.989. The van der Waals surface area contributed by atoms with Gasteiger partial charge < -0.3 is 0 Å². The Morgan fingerprint density at radius 1 is 0.903 bits per heavy atom. The van der Waals surface area contributed by atoms with E-state index in [1.165, 1.54) is 6.07 Å². The number of carbonyl (C=O) groups excluding carboxylic acids is 2. The van der Waals surface area contributed by atoms with Gasteiger partial charge in [-0.05, 0) is 70.0 Å². The summed E-state index contributed by atoms with van der Waals surface area (Å²) in [6, 6.07) is 19.6. The van der Waals surface area contributed by atoms with E-state index in [-0.39, 0.29) is 10.4 Å². The second-order valence-corrected chi connectivity index (χ2v) is 8.61. The van der Waals surface area contributed by atoms with Gasteiger partial charge in [0.1, 0.15) is 11.7 Å². The lowest BCUT2D eigenvalue weighted by Crippen LogP contribution is -2.37. The molecule has 5 nitrogen and oxygen atoms in total. The molecule has 2 aliphatic rings.